The average molecular weight is 304 g/mol. The lowest BCUT2D eigenvalue weighted by atomic mass is 9.96. The Morgan fingerprint density at radius 3 is 2.59 bits per heavy atom. The van der Waals surface area contributed by atoms with Crippen molar-refractivity contribution in [2.24, 2.45) is 0 Å². The first-order valence-corrected chi connectivity index (χ1v) is 9.25. The molecule has 0 radical (unpaired) electrons. The number of rotatable bonds is 6. The SMILES string of the molecule is CN(CCN1CCCCC1)Cc1cnn(C2CCCCC2)c1. The highest BCUT2D eigenvalue weighted by molar-refractivity contribution is 5.04. The van der Waals surface area contributed by atoms with Crippen molar-refractivity contribution in [2.75, 3.05) is 33.2 Å². The zero-order valence-electron chi connectivity index (χ0n) is 14.2. The van der Waals surface area contributed by atoms with Crippen LogP contribution in [0.4, 0.5) is 0 Å². The Labute approximate surface area is 135 Å². The molecule has 4 heteroatoms. The van der Waals surface area contributed by atoms with Crippen LogP contribution >= 0.6 is 0 Å². The summed E-state index contributed by atoms with van der Waals surface area (Å²) in [5.41, 5.74) is 1.37. The Balaban J connectivity index is 1.42. The minimum atomic E-state index is 0.654. The lowest BCUT2D eigenvalue weighted by molar-refractivity contribution is 0.194. The van der Waals surface area contributed by atoms with Gasteiger partial charge in [0.1, 0.15) is 0 Å². The van der Waals surface area contributed by atoms with Crippen molar-refractivity contribution >= 4 is 0 Å². The predicted octanol–water partition coefficient (Wildman–Crippen LogP) is 3.31. The van der Waals surface area contributed by atoms with Crippen LogP contribution in [0.1, 0.15) is 63.0 Å². The molecule has 2 fully saturated rings. The van der Waals surface area contributed by atoms with Crippen LogP contribution in [-0.2, 0) is 6.54 Å². The molecule has 0 aromatic carbocycles. The van der Waals surface area contributed by atoms with Gasteiger partial charge < -0.3 is 9.80 Å². The third-order valence-corrected chi connectivity index (χ3v) is 5.30. The molecule has 124 valence electrons. The van der Waals surface area contributed by atoms with Gasteiger partial charge in [0.15, 0.2) is 0 Å². The Kier molecular flexibility index (Phi) is 5.90. The van der Waals surface area contributed by atoms with E-state index >= 15 is 0 Å². The fraction of sp³-hybridized carbons (Fsp3) is 0.833. The quantitative estimate of drug-likeness (QED) is 0.806. The molecule has 0 amide bonds. The molecule has 4 nitrogen and oxygen atoms in total. The van der Waals surface area contributed by atoms with Crippen molar-refractivity contribution in [1.29, 1.82) is 0 Å². The van der Waals surface area contributed by atoms with Crippen LogP contribution in [0.2, 0.25) is 0 Å². The van der Waals surface area contributed by atoms with E-state index in [1.807, 2.05) is 0 Å². The van der Waals surface area contributed by atoms with E-state index in [9.17, 15) is 0 Å². The maximum absolute atomic E-state index is 4.62. The van der Waals surface area contributed by atoms with Crippen molar-refractivity contribution in [1.82, 2.24) is 19.6 Å². The zero-order valence-corrected chi connectivity index (χ0v) is 14.2. The van der Waals surface area contributed by atoms with E-state index in [1.54, 1.807) is 0 Å². The highest BCUT2D eigenvalue weighted by Gasteiger charge is 2.16. The van der Waals surface area contributed by atoms with Gasteiger partial charge in [0.2, 0.25) is 0 Å². The average Bonchev–Trinajstić information content (AvgIpc) is 3.03. The summed E-state index contributed by atoms with van der Waals surface area (Å²) in [6.45, 7) is 6.00. The number of hydrogen-bond donors (Lipinski definition) is 0. The van der Waals surface area contributed by atoms with Crippen LogP contribution in [0, 0.1) is 0 Å². The van der Waals surface area contributed by atoms with Gasteiger partial charge in [-0.05, 0) is 45.8 Å². The summed E-state index contributed by atoms with van der Waals surface area (Å²) in [4.78, 5) is 5.06. The van der Waals surface area contributed by atoms with Crippen molar-refractivity contribution in [3.8, 4) is 0 Å². The molecule has 1 saturated heterocycles. The van der Waals surface area contributed by atoms with E-state index in [4.69, 9.17) is 0 Å². The van der Waals surface area contributed by atoms with E-state index in [0.29, 0.717) is 6.04 Å². The summed E-state index contributed by atoms with van der Waals surface area (Å²) in [6, 6.07) is 0.654. The van der Waals surface area contributed by atoms with Crippen LogP contribution in [0.3, 0.4) is 0 Å². The number of aromatic nitrogens is 2. The van der Waals surface area contributed by atoms with E-state index in [2.05, 4.69) is 39.0 Å². The van der Waals surface area contributed by atoms with Crippen LogP contribution in [0.25, 0.3) is 0 Å². The molecule has 0 atom stereocenters. The summed E-state index contributed by atoms with van der Waals surface area (Å²) in [5.74, 6) is 0. The normalized spacial score (nSPS) is 21.5. The Morgan fingerprint density at radius 2 is 1.82 bits per heavy atom. The van der Waals surface area contributed by atoms with Crippen molar-refractivity contribution in [3.05, 3.63) is 18.0 Å². The number of likely N-dealkylation sites (N-methyl/N-ethyl adjacent to an activating group) is 1. The van der Waals surface area contributed by atoms with Gasteiger partial charge in [-0.15, -0.1) is 0 Å². The van der Waals surface area contributed by atoms with E-state index in [-0.39, 0.29) is 0 Å². The van der Waals surface area contributed by atoms with Gasteiger partial charge >= 0.3 is 0 Å². The van der Waals surface area contributed by atoms with Crippen LogP contribution in [-0.4, -0.2) is 52.8 Å². The number of nitrogens with zero attached hydrogens (tertiary/aromatic N) is 4. The fourth-order valence-corrected chi connectivity index (χ4v) is 3.89. The van der Waals surface area contributed by atoms with Gasteiger partial charge in [-0.2, -0.15) is 5.10 Å². The van der Waals surface area contributed by atoms with Gasteiger partial charge in [-0.3, -0.25) is 4.68 Å². The molecule has 0 N–H and O–H groups in total. The molecule has 0 spiro atoms. The molecule has 0 bridgehead atoms. The molecule has 2 aliphatic rings. The molecule has 22 heavy (non-hydrogen) atoms. The standard InChI is InChI=1S/C18H32N4/c1-20(12-13-21-10-6-3-7-11-21)15-17-14-19-22(16-17)18-8-4-2-5-9-18/h14,16,18H,2-13,15H2,1H3. The zero-order chi connectivity index (χ0) is 15.2. The first-order valence-electron chi connectivity index (χ1n) is 9.25. The molecule has 1 aromatic heterocycles. The maximum atomic E-state index is 4.62. The molecule has 1 saturated carbocycles. The number of hydrogen-bond acceptors (Lipinski definition) is 3. The van der Waals surface area contributed by atoms with Gasteiger partial charge in [0.05, 0.1) is 12.2 Å². The molecule has 1 aromatic rings. The van der Waals surface area contributed by atoms with Crippen LogP contribution < -0.4 is 0 Å². The molecule has 1 aliphatic carbocycles. The number of piperidine rings is 1. The molecule has 0 unspecified atom stereocenters. The second-order valence-corrected chi connectivity index (χ2v) is 7.26. The highest BCUT2D eigenvalue weighted by Crippen LogP contribution is 2.27. The fourth-order valence-electron chi connectivity index (χ4n) is 3.89. The van der Waals surface area contributed by atoms with E-state index in [0.717, 1.165) is 13.1 Å². The second kappa shape index (κ2) is 8.11. The third-order valence-electron chi connectivity index (χ3n) is 5.30. The van der Waals surface area contributed by atoms with Gasteiger partial charge in [-0.25, -0.2) is 0 Å². The van der Waals surface area contributed by atoms with Crippen molar-refractivity contribution in [2.45, 2.75) is 64.0 Å². The molecule has 3 rings (SSSR count). The largest absolute Gasteiger partial charge is 0.302 e. The summed E-state index contributed by atoms with van der Waals surface area (Å²) in [5, 5.41) is 4.62. The predicted molar refractivity (Wildman–Crippen MR) is 91.0 cm³/mol. The Bertz CT molecular complexity index is 430. The lowest BCUT2D eigenvalue weighted by Crippen LogP contribution is -2.36. The maximum Gasteiger partial charge on any atom is 0.0534 e. The Hall–Kier alpha value is -0.870. The molecular weight excluding hydrogens is 272 g/mol. The first-order chi connectivity index (χ1) is 10.8. The molecular formula is C18H32N4. The summed E-state index contributed by atoms with van der Waals surface area (Å²) >= 11 is 0. The van der Waals surface area contributed by atoms with Crippen molar-refractivity contribution in [3.63, 3.8) is 0 Å². The minimum Gasteiger partial charge on any atom is -0.302 e. The summed E-state index contributed by atoms with van der Waals surface area (Å²) < 4.78 is 2.23. The topological polar surface area (TPSA) is 24.3 Å². The van der Waals surface area contributed by atoms with Gasteiger partial charge in [0, 0.05) is 31.4 Å². The minimum absolute atomic E-state index is 0.654. The van der Waals surface area contributed by atoms with E-state index < -0.39 is 0 Å². The monoisotopic (exact) mass is 304 g/mol. The first kappa shape index (κ1) is 16.0. The summed E-state index contributed by atoms with van der Waals surface area (Å²) in [7, 11) is 2.24. The van der Waals surface area contributed by atoms with Gasteiger partial charge in [-0.1, -0.05) is 25.7 Å². The van der Waals surface area contributed by atoms with E-state index in [1.165, 1.54) is 76.6 Å². The summed E-state index contributed by atoms with van der Waals surface area (Å²) in [6.07, 6.45) is 15.3. The van der Waals surface area contributed by atoms with Gasteiger partial charge in [0.25, 0.3) is 0 Å². The van der Waals surface area contributed by atoms with Crippen molar-refractivity contribution < 1.29 is 0 Å². The lowest BCUT2D eigenvalue weighted by Gasteiger charge is -2.28. The molecule has 1 aliphatic heterocycles. The highest BCUT2D eigenvalue weighted by atomic mass is 15.3. The second-order valence-electron chi connectivity index (χ2n) is 7.26. The smallest absolute Gasteiger partial charge is 0.0534 e. The molecule has 2 heterocycles. The van der Waals surface area contributed by atoms with Crippen LogP contribution in [0.15, 0.2) is 12.4 Å². The van der Waals surface area contributed by atoms with Crippen LogP contribution in [0.5, 0.6) is 0 Å². The number of likely N-dealkylation sites (tertiary alicyclic amines) is 1. The third kappa shape index (κ3) is 4.56. The Morgan fingerprint density at radius 1 is 1.09 bits per heavy atom.